The number of aryl methyl sites for hydroxylation is 1. The van der Waals surface area contributed by atoms with Gasteiger partial charge in [0.05, 0.1) is 24.7 Å². The zero-order valence-corrected chi connectivity index (χ0v) is 16.2. The summed E-state index contributed by atoms with van der Waals surface area (Å²) < 4.78 is 12.0. The Labute approximate surface area is 161 Å². The van der Waals surface area contributed by atoms with Crippen LogP contribution in [-0.4, -0.2) is 45.6 Å². The molecule has 0 aliphatic carbocycles. The number of thioether (sulfide) groups is 1. The van der Waals surface area contributed by atoms with Crippen molar-refractivity contribution >= 4 is 17.7 Å². The molecular weight excluding hydrogens is 366 g/mol. The van der Waals surface area contributed by atoms with Gasteiger partial charge in [0.2, 0.25) is 11.1 Å². The molecule has 0 fully saturated rings. The number of aromatic nitrogens is 3. The molecule has 0 aliphatic heterocycles. The maximum Gasteiger partial charge on any atom is 0.233 e. The number of para-hydroxylation sites is 1. The zero-order valence-electron chi connectivity index (χ0n) is 15.4. The van der Waals surface area contributed by atoms with Gasteiger partial charge in [-0.3, -0.25) is 4.79 Å². The van der Waals surface area contributed by atoms with Gasteiger partial charge < -0.3 is 19.9 Å². The molecule has 8 nitrogen and oxygen atoms in total. The highest BCUT2D eigenvalue weighted by Gasteiger charge is 2.18. The number of carbonyl (C=O) groups is 1. The number of amides is 1. The third-order valence-electron chi connectivity index (χ3n) is 4.11. The van der Waals surface area contributed by atoms with Crippen molar-refractivity contribution in [1.82, 2.24) is 19.8 Å². The van der Waals surface area contributed by atoms with E-state index >= 15 is 0 Å². The number of furan rings is 1. The van der Waals surface area contributed by atoms with Crippen LogP contribution in [0, 0.1) is 6.92 Å². The SMILES string of the molecule is COc1ccccc1CN(C)C(=O)CSc1nnc(-c2ccoc2C)n1N. The third kappa shape index (κ3) is 4.08. The predicted molar refractivity (Wildman–Crippen MR) is 103 cm³/mol. The van der Waals surface area contributed by atoms with E-state index in [4.69, 9.17) is 15.0 Å². The largest absolute Gasteiger partial charge is 0.496 e. The molecule has 3 aromatic rings. The summed E-state index contributed by atoms with van der Waals surface area (Å²) in [4.78, 5) is 14.1. The Morgan fingerprint density at radius 3 is 2.81 bits per heavy atom. The molecule has 0 saturated carbocycles. The van der Waals surface area contributed by atoms with Crippen molar-refractivity contribution in [3.8, 4) is 17.1 Å². The smallest absolute Gasteiger partial charge is 0.233 e. The number of ether oxygens (including phenoxy) is 1. The van der Waals surface area contributed by atoms with Gasteiger partial charge in [-0.1, -0.05) is 30.0 Å². The first-order valence-electron chi connectivity index (χ1n) is 8.25. The lowest BCUT2D eigenvalue weighted by atomic mass is 10.2. The van der Waals surface area contributed by atoms with Crippen molar-refractivity contribution in [2.45, 2.75) is 18.6 Å². The standard InChI is InChI=1S/C18H21N5O3S/c1-12-14(8-9-26-12)17-20-21-18(23(17)19)27-11-16(24)22(2)10-13-6-4-5-7-15(13)25-3/h4-9H,10-11,19H2,1-3H3. The summed E-state index contributed by atoms with van der Waals surface area (Å²) >= 11 is 1.24. The average molecular weight is 387 g/mol. The lowest BCUT2D eigenvalue weighted by Gasteiger charge is -2.18. The number of nitrogens with zero attached hydrogens (tertiary/aromatic N) is 4. The lowest BCUT2D eigenvalue weighted by molar-refractivity contribution is -0.127. The Hall–Kier alpha value is -2.94. The van der Waals surface area contributed by atoms with Gasteiger partial charge in [0, 0.05) is 19.2 Å². The first kappa shape index (κ1) is 18.8. The lowest BCUT2D eigenvalue weighted by Crippen LogP contribution is -2.28. The molecule has 0 aliphatic rings. The van der Waals surface area contributed by atoms with Crippen molar-refractivity contribution in [2.24, 2.45) is 0 Å². The van der Waals surface area contributed by atoms with Gasteiger partial charge in [-0.15, -0.1) is 10.2 Å². The number of methoxy groups -OCH3 is 1. The van der Waals surface area contributed by atoms with Crippen LogP contribution in [0.4, 0.5) is 0 Å². The second-order valence-corrected chi connectivity index (χ2v) is 6.86. The molecule has 1 aromatic carbocycles. The summed E-state index contributed by atoms with van der Waals surface area (Å²) in [5.74, 6) is 8.19. The molecule has 2 aromatic heterocycles. The molecule has 142 valence electrons. The highest BCUT2D eigenvalue weighted by molar-refractivity contribution is 7.99. The number of rotatable bonds is 7. The van der Waals surface area contributed by atoms with Crippen molar-refractivity contribution < 1.29 is 13.9 Å². The Bertz CT molecular complexity index is 937. The Kier molecular flexibility index (Phi) is 5.70. The number of nitrogens with two attached hydrogens (primary N) is 1. The summed E-state index contributed by atoms with van der Waals surface area (Å²) in [7, 11) is 3.37. The van der Waals surface area contributed by atoms with Crippen LogP contribution in [0.3, 0.4) is 0 Å². The monoisotopic (exact) mass is 387 g/mol. The van der Waals surface area contributed by atoms with Crippen molar-refractivity contribution in [1.29, 1.82) is 0 Å². The number of carbonyl (C=O) groups excluding carboxylic acids is 1. The van der Waals surface area contributed by atoms with Crippen LogP contribution in [0.25, 0.3) is 11.4 Å². The minimum atomic E-state index is -0.0463. The van der Waals surface area contributed by atoms with Gasteiger partial charge >= 0.3 is 0 Å². The van der Waals surface area contributed by atoms with Gasteiger partial charge in [-0.2, -0.15) is 0 Å². The van der Waals surface area contributed by atoms with Gasteiger partial charge in [-0.25, -0.2) is 4.68 Å². The first-order valence-corrected chi connectivity index (χ1v) is 9.23. The molecule has 0 atom stereocenters. The fourth-order valence-electron chi connectivity index (χ4n) is 2.59. The van der Waals surface area contributed by atoms with Crippen LogP contribution in [0.1, 0.15) is 11.3 Å². The van der Waals surface area contributed by atoms with Gasteiger partial charge in [0.15, 0.2) is 5.82 Å². The van der Waals surface area contributed by atoms with Gasteiger partial charge in [0.25, 0.3) is 0 Å². The van der Waals surface area contributed by atoms with Crippen molar-refractivity contribution in [3.05, 3.63) is 47.9 Å². The van der Waals surface area contributed by atoms with E-state index in [1.807, 2.05) is 31.2 Å². The number of hydrogen-bond donors (Lipinski definition) is 1. The molecule has 1 amide bonds. The number of nitrogen functional groups attached to an aromatic ring is 1. The van der Waals surface area contributed by atoms with E-state index in [0.29, 0.717) is 23.3 Å². The molecule has 27 heavy (non-hydrogen) atoms. The van der Waals surface area contributed by atoms with Gasteiger partial charge in [-0.05, 0) is 19.1 Å². The van der Waals surface area contributed by atoms with Crippen molar-refractivity contribution in [3.63, 3.8) is 0 Å². The molecule has 0 saturated heterocycles. The number of hydrogen-bond acceptors (Lipinski definition) is 7. The Morgan fingerprint density at radius 2 is 2.11 bits per heavy atom. The van der Waals surface area contributed by atoms with E-state index in [-0.39, 0.29) is 11.7 Å². The molecular formula is C18H21N5O3S. The fraction of sp³-hybridized carbons (Fsp3) is 0.278. The maximum absolute atomic E-state index is 12.5. The molecule has 0 spiro atoms. The summed E-state index contributed by atoms with van der Waals surface area (Å²) in [6, 6.07) is 9.41. The molecule has 0 unspecified atom stereocenters. The van der Waals surface area contributed by atoms with E-state index in [2.05, 4.69) is 10.2 Å². The highest BCUT2D eigenvalue weighted by Crippen LogP contribution is 2.25. The first-order chi connectivity index (χ1) is 13.0. The summed E-state index contributed by atoms with van der Waals surface area (Å²) in [5.41, 5.74) is 1.72. The minimum absolute atomic E-state index is 0.0463. The van der Waals surface area contributed by atoms with E-state index in [9.17, 15) is 4.79 Å². The quantitative estimate of drug-likeness (QED) is 0.490. The Morgan fingerprint density at radius 1 is 1.33 bits per heavy atom. The average Bonchev–Trinajstić information content (AvgIpc) is 3.25. The fourth-order valence-corrected chi connectivity index (χ4v) is 3.39. The summed E-state index contributed by atoms with van der Waals surface area (Å²) in [6.45, 7) is 2.28. The molecule has 3 rings (SSSR count). The van der Waals surface area contributed by atoms with E-state index < -0.39 is 0 Å². The maximum atomic E-state index is 12.5. The second-order valence-electron chi connectivity index (χ2n) is 5.92. The third-order valence-corrected chi connectivity index (χ3v) is 5.04. The second kappa shape index (κ2) is 8.17. The molecule has 9 heteroatoms. The Balaban J connectivity index is 1.62. The van der Waals surface area contributed by atoms with E-state index in [1.54, 1.807) is 31.4 Å². The molecule has 0 bridgehead atoms. The normalized spacial score (nSPS) is 10.8. The minimum Gasteiger partial charge on any atom is -0.496 e. The van der Waals surface area contributed by atoms with E-state index in [0.717, 1.165) is 16.9 Å². The predicted octanol–water partition coefficient (Wildman–Crippen LogP) is 2.32. The van der Waals surface area contributed by atoms with Crippen LogP contribution in [-0.2, 0) is 11.3 Å². The molecule has 2 N–H and O–H groups in total. The van der Waals surface area contributed by atoms with Crippen LogP contribution in [0.15, 0.2) is 46.2 Å². The highest BCUT2D eigenvalue weighted by atomic mass is 32.2. The van der Waals surface area contributed by atoms with Crippen LogP contribution in [0.5, 0.6) is 5.75 Å². The van der Waals surface area contributed by atoms with Crippen LogP contribution in [0.2, 0.25) is 0 Å². The molecule has 2 heterocycles. The molecule has 0 radical (unpaired) electrons. The van der Waals surface area contributed by atoms with Crippen LogP contribution >= 0.6 is 11.8 Å². The zero-order chi connectivity index (χ0) is 19.4. The summed E-state index contributed by atoms with van der Waals surface area (Å²) in [5, 5.41) is 8.63. The topological polar surface area (TPSA) is 99.4 Å². The van der Waals surface area contributed by atoms with Gasteiger partial charge in [0.1, 0.15) is 11.5 Å². The van der Waals surface area contributed by atoms with E-state index in [1.165, 1.54) is 16.4 Å². The summed E-state index contributed by atoms with van der Waals surface area (Å²) in [6.07, 6.45) is 1.57. The van der Waals surface area contributed by atoms with Crippen LogP contribution < -0.4 is 10.6 Å². The van der Waals surface area contributed by atoms with Crippen molar-refractivity contribution in [2.75, 3.05) is 25.8 Å². The number of benzene rings is 1.